The number of hydrogen-bond donors (Lipinski definition) is 2. The van der Waals surface area contributed by atoms with E-state index in [9.17, 15) is 14.7 Å². The van der Waals surface area contributed by atoms with Crippen molar-refractivity contribution in [2.45, 2.75) is 58.3 Å². The van der Waals surface area contributed by atoms with Crippen LogP contribution in [-0.4, -0.2) is 35.0 Å². The van der Waals surface area contributed by atoms with Gasteiger partial charge in [0.15, 0.2) is 0 Å². The minimum Gasteiger partial charge on any atom is -0.480 e. The molecule has 5 nitrogen and oxygen atoms in total. The number of thioether (sulfide) groups is 1. The van der Waals surface area contributed by atoms with Crippen LogP contribution in [0.25, 0.3) is 21.6 Å². The minimum atomic E-state index is -1.03. The van der Waals surface area contributed by atoms with E-state index in [1.54, 1.807) is 29.2 Å². The molecule has 0 saturated heterocycles. The maximum atomic E-state index is 13.4. The van der Waals surface area contributed by atoms with Crippen LogP contribution in [0.2, 0.25) is 0 Å². The van der Waals surface area contributed by atoms with Gasteiger partial charge < -0.3 is 15.2 Å². The van der Waals surface area contributed by atoms with Crippen LogP contribution in [0.15, 0.2) is 84.9 Å². The summed E-state index contributed by atoms with van der Waals surface area (Å²) in [6.45, 7) is 4.61. The largest absolute Gasteiger partial charge is 0.480 e. The van der Waals surface area contributed by atoms with E-state index in [1.165, 1.54) is 15.3 Å². The molecule has 220 valence electrons. The lowest BCUT2D eigenvalue weighted by Crippen LogP contribution is -2.41. The van der Waals surface area contributed by atoms with Crippen molar-refractivity contribution in [1.82, 2.24) is 5.32 Å². The molecule has 2 atom stereocenters. The van der Waals surface area contributed by atoms with Crippen molar-refractivity contribution in [3.8, 4) is 21.6 Å². The highest BCUT2D eigenvalue weighted by Crippen LogP contribution is 2.36. The van der Waals surface area contributed by atoms with Crippen LogP contribution in [0, 0.1) is 6.92 Å². The zero-order chi connectivity index (χ0) is 29.9. The summed E-state index contributed by atoms with van der Waals surface area (Å²) in [4.78, 5) is 27.7. The first-order valence-electron chi connectivity index (χ1n) is 14.4. The van der Waals surface area contributed by atoms with Gasteiger partial charge in [-0.3, -0.25) is 4.79 Å². The molecule has 1 heterocycles. The maximum absolute atomic E-state index is 13.4. The van der Waals surface area contributed by atoms with Gasteiger partial charge in [0.2, 0.25) is 0 Å². The summed E-state index contributed by atoms with van der Waals surface area (Å²) in [5, 5.41) is 12.4. The molecule has 0 saturated carbocycles. The third-order valence-electron chi connectivity index (χ3n) is 7.25. The highest BCUT2D eigenvalue weighted by molar-refractivity contribution is 7.98. The average Bonchev–Trinajstić information content (AvgIpc) is 3.50. The number of unbranched alkanes of at least 4 members (excludes halogenated alkanes) is 1. The van der Waals surface area contributed by atoms with E-state index in [0.717, 1.165) is 41.5 Å². The Morgan fingerprint density at radius 3 is 2.43 bits per heavy atom. The number of amides is 1. The molecule has 7 heteroatoms. The third kappa shape index (κ3) is 8.34. The number of carboxylic acid groups (broad SMARTS) is 1. The number of aryl methyl sites for hydroxylation is 1. The van der Waals surface area contributed by atoms with Gasteiger partial charge in [-0.25, -0.2) is 4.79 Å². The normalized spacial score (nSPS) is 12.5. The number of carboxylic acids is 1. The Labute approximate surface area is 257 Å². The lowest BCUT2D eigenvalue weighted by Gasteiger charge is -2.19. The number of carbonyl (C=O) groups is 2. The number of benzene rings is 3. The van der Waals surface area contributed by atoms with E-state index >= 15 is 0 Å². The fourth-order valence-electron chi connectivity index (χ4n) is 4.88. The molecule has 0 radical (unpaired) electrons. The lowest BCUT2D eigenvalue weighted by molar-refractivity contribution is -0.139. The minimum absolute atomic E-state index is 0.0231. The number of carbonyl (C=O) groups excluding carboxylic acids is 1. The van der Waals surface area contributed by atoms with Gasteiger partial charge in [-0.2, -0.15) is 11.8 Å². The van der Waals surface area contributed by atoms with Gasteiger partial charge in [0.1, 0.15) is 6.04 Å². The second-order valence-electron chi connectivity index (χ2n) is 10.4. The molecule has 0 fully saturated rings. The van der Waals surface area contributed by atoms with Crippen molar-refractivity contribution in [1.29, 1.82) is 0 Å². The molecular formula is C35H39NO4S2. The summed E-state index contributed by atoms with van der Waals surface area (Å²) < 4.78 is 6.56. The van der Waals surface area contributed by atoms with Crippen LogP contribution in [0.1, 0.15) is 65.1 Å². The van der Waals surface area contributed by atoms with Gasteiger partial charge in [0.05, 0.1) is 12.7 Å². The standard InChI is InChI=1S/C35H39NO4S2/c1-4-5-15-31(33-19-18-32(42-33)26-12-7-6-8-13-26)40-23-25-16-17-28(29(22-25)27-14-10-9-11-24(27)2)34(37)36-30(35(38)39)20-21-41-3/h6-14,16-19,22,30-31H,4-5,15,20-21,23H2,1-3H3,(H,36,37)(H,38,39). The Morgan fingerprint density at radius 2 is 1.71 bits per heavy atom. The molecule has 1 aromatic heterocycles. The first-order chi connectivity index (χ1) is 20.4. The number of hydrogen-bond acceptors (Lipinski definition) is 5. The molecule has 0 spiro atoms. The van der Waals surface area contributed by atoms with Crippen LogP contribution in [0.5, 0.6) is 0 Å². The summed E-state index contributed by atoms with van der Waals surface area (Å²) in [5.41, 5.74) is 5.37. The van der Waals surface area contributed by atoms with Crippen molar-refractivity contribution in [3.05, 3.63) is 106 Å². The van der Waals surface area contributed by atoms with E-state index in [4.69, 9.17) is 4.74 Å². The maximum Gasteiger partial charge on any atom is 0.326 e. The van der Waals surface area contributed by atoms with E-state index in [0.29, 0.717) is 24.3 Å². The zero-order valence-corrected chi connectivity index (χ0v) is 26.1. The molecule has 0 aliphatic carbocycles. The van der Waals surface area contributed by atoms with E-state index in [1.807, 2.05) is 55.6 Å². The molecule has 42 heavy (non-hydrogen) atoms. The first kappa shape index (κ1) is 31.5. The number of ether oxygens (including phenoxy) is 1. The Kier molecular flexibility index (Phi) is 11.8. The molecule has 0 aliphatic heterocycles. The molecular weight excluding hydrogens is 563 g/mol. The zero-order valence-electron chi connectivity index (χ0n) is 24.5. The molecule has 1 amide bonds. The fraction of sp³-hybridized carbons (Fsp3) is 0.314. The average molecular weight is 602 g/mol. The molecule has 2 N–H and O–H groups in total. The summed E-state index contributed by atoms with van der Waals surface area (Å²) in [5.74, 6) is -0.766. The molecule has 4 aromatic rings. The Hall–Kier alpha value is -3.39. The second kappa shape index (κ2) is 15.7. The predicted molar refractivity (Wildman–Crippen MR) is 175 cm³/mol. The van der Waals surface area contributed by atoms with Crippen molar-refractivity contribution >= 4 is 35.0 Å². The van der Waals surface area contributed by atoms with Gasteiger partial charge in [-0.1, -0.05) is 80.4 Å². The van der Waals surface area contributed by atoms with Crippen LogP contribution in [0.3, 0.4) is 0 Å². The Morgan fingerprint density at radius 1 is 0.952 bits per heavy atom. The number of aliphatic carboxylic acids is 1. The van der Waals surface area contributed by atoms with Crippen molar-refractivity contribution < 1.29 is 19.4 Å². The van der Waals surface area contributed by atoms with Gasteiger partial charge in [0, 0.05) is 15.3 Å². The molecule has 0 bridgehead atoms. The Bertz CT molecular complexity index is 1470. The van der Waals surface area contributed by atoms with Crippen LogP contribution >= 0.6 is 23.1 Å². The van der Waals surface area contributed by atoms with Gasteiger partial charge >= 0.3 is 5.97 Å². The summed E-state index contributed by atoms with van der Waals surface area (Å²) >= 11 is 3.33. The fourth-order valence-corrected chi connectivity index (χ4v) is 6.45. The van der Waals surface area contributed by atoms with Crippen molar-refractivity contribution in [2.24, 2.45) is 0 Å². The van der Waals surface area contributed by atoms with Crippen LogP contribution in [-0.2, 0) is 16.1 Å². The van der Waals surface area contributed by atoms with Crippen molar-refractivity contribution in [2.75, 3.05) is 12.0 Å². The first-order valence-corrected chi connectivity index (χ1v) is 16.6. The molecule has 4 rings (SSSR count). The topological polar surface area (TPSA) is 75.6 Å². The van der Waals surface area contributed by atoms with Gasteiger partial charge in [0.25, 0.3) is 5.91 Å². The van der Waals surface area contributed by atoms with Crippen LogP contribution in [0.4, 0.5) is 0 Å². The quantitative estimate of drug-likeness (QED) is 0.142. The number of thiophene rings is 1. The summed E-state index contributed by atoms with van der Waals surface area (Å²) in [6.07, 6.45) is 5.35. The summed E-state index contributed by atoms with van der Waals surface area (Å²) in [7, 11) is 0. The number of rotatable bonds is 15. The highest BCUT2D eigenvalue weighted by atomic mass is 32.2. The second-order valence-corrected chi connectivity index (χ2v) is 12.5. The van der Waals surface area contributed by atoms with Gasteiger partial charge in [-0.05, 0) is 83.9 Å². The smallest absolute Gasteiger partial charge is 0.326 e. The number of nitrogens with one attached hydrogen (secondary N) is 1. The molecule has 3 aromatic carbocycles. The van der Waals surface area contributed by atoms with Crippen molar-refractivity contribution in [3.63, 3.8) is 0 Å². The molecule has 2 unspecified atom stereocenters. The monoisotopic (exact) mass is 601 g/mol. The van der Waals surface area contributed by atoms with E-state index < -0.39 is 12.0 Å². The van der Waals surface area contributed by atoms with Gasteiger partial charge in [-0.15, -0.1) is 11.3 Å². The van der Waals surface area contributed by atoms with Crippen LogP contribution < -0.4 is 5.32 Å². The third-order valence-corrected chi connectivity index (χ3v) is 9.12. The Balaban J connectivity index is 1.59. The summed E-state index contributed by atoms with van der Waals surface area (Å²) in [6, 6.07) is 27.5. The highest BCUT2D eigenvalue weighted by Gasteiger charge is 2.23. The predicted octanol–water partition coefficient (Wildman–Crippen LogP) is 8.77. The lowest BCUT2D eigenvalue weighted by atomic mass is 9.93. The van der Waals surface area contributed by atoms with E-state index in [2.05, 4.69) is 48.6 Å². The van der Waals surface area contributed by atoms with E-state index in [-0.39, 0.29) is 12.0 Å². The molecule has 0 aliphatic rings. The SMILES string of the molecule is CCCCC(OCc1ccc(C(=O)NC(CCSC)C(=O)O)c(-c2ccccc2C)c1)c1ccc(-c2ccccc2)s1.